The number of carbonyl (C=O) groups is 1. The lowest BCUT2D eigenvalue weighted by Gasteiger charge is -1.93. The molecule has 1 rings (SSSR count). The second-order valence-corrected chi connectivity index (χ2v) is 1.43. The molecule has 0 saturated carbocycles. The van der Waals surface area contributed by atoms with Crippen LogP contribution in [0.25, 0.3) is 0 Å². The molecule has 0 aromatic carbocycles. The van der Waals surface area contributed by atoms with Crippen molar-refractivity contribution in [1.29, 1.82) is 0 Å². The summed E-state index contributed by atoms with van der Waals surface area (Å²) < 4.78 is 0. The molecule has 1 aliphatic heterocycles. The Labute approximate surface area is 41.9 Å². The van der Waals surface area contributed by atoms with Gasteiger partial charge in [0.05, 0.1) is 19.1 Å². The molecule has 38 valence electrons. The van der Waals surface area contributed by atoms with E-state index in [-0.39, 0.29) is 11.9 Å². The number of ketones is 1. The third-order valence-electron chi connectivity index (χ3n) is 0.799. The Kier molecular flexibility index (Phi) is 1.08. The van der Waals surface area contributed by atoms with Gasteiger partial charge in [0.25, 0.3) is 0 Å². The zero-order chi connectivity index (χ0) is 5.28. The molecule has 1 fully saturated rings. The van der Waals surface area contributed by atoms with E-state index in [4.69, 9.17) is 5.73 Å². The third kappa shape index (κ3) is 0.976. The highest BCUT2D eigenvalue weighted by Gasteiger charge is 2.17. The van der Waals surface area contributed by atoms with E-state index in [2.05, 4.69) is 11.7 Å². The van der Waals surface area contributed by atoms with Crippen LogP contribution in [0.3, 0.4) is 0 Å². The van der Waals surface area contributed by atoms with Crippen molar-refractivity contribution < 1.29 is 4.79 Å². The first-order valence-electron chi connectivity index (χ1n) is 2.07. The lowest BCUT2D eigenvalue weighted by molar-refractivity contribution is -0.113. The first-order chi connectivity index (χ1) is 3.29. The molecule has 0 bridgehead atoms. The van der Waals surface area contributed by atoms with E-state index < -0.39 is 0 Å². The van der Waals surface area contributed by atoms with Crippen LogP contribution >= 0.6 is 0 Å². The summed E-state index contributed by atoms with van der Waals surface area (Å²) >= 11 is 0. The highest BCUT2D eigenvalue weighted by molar-refractivity contribution is 5.91. The Balaban J connectivity index is 2.40. The molecular weight excluding hydrogens is 92.1 g/mol. The molecule has 3 heteroatoms. The average Bonchev–Trinajstić information content (AvgIpc) is 1.87. The van der Waals surface area contributed by atoms with Crippen LogP contribution in [0, 0.1) is 6.42 Å². The number of Topliss-reactive ketones (excluding diaryl/α,β-unsaturated/α-hetero) is 1. The van der Waals surface area contributed by atoms with Crippen molar-refractivity contribution in [3.63, 3.8) is 0 Å². The fourth-order valence-corrected chi connectivity index (χ4v) is 0.478. The fourth-order valence-electron chi connectivity index (χ4n) is 0.478. The number of rotatable bonds is 0. The topological polar surface area (TPSA) is 55.1 Å². The molecule has 0 aliphatic carbocycles. The van der Waals surface area contributed by atoms with Crippen LogP contribution in [0.4, 0.5) is 0 Å². The molecule has 2 radical (unpaired) electrons. The zero-order valence-electron chi connectivity index (χ0n) is 3.77. The minimum atomic E-state index is -0.326. The molecule has 0 spiro atoms. The fraction of sp³-hybridized carbons (Fsp3) is 0.500. The minimum Gasteiger partial charge on any atom is -0.315 e. The molecule has 1 atom stereocenters. The second kappa shape index (κ2) is 1.60. The zero-order valence-corrected chi connectivity index (χ0v) is 3.77. The molecule has 3 nitrogen and oxygen atoms in total. The summed E-state index contributed by atoms with van der Waals surface area (Å²) in [7, 11) is 0. The van der Waals surface area contributed by atoms with Gasteiger partial charge in [0.1, 0.15) is 0 Å². The number of hydrogen-bond donors (Lipinski definition) is 2. The van der Waals surface area contributed by atoms with E-state index in [9.17, 15) is 4.79 Å². The van der Waals surface area contributed by atoms with Crippen LogP contribution in [0.1, 0.15) is 0 Å². The van der Waals surface area contributed by atoms with Crippen LogP contribution in [0.15, 0.2) is 0 Å². The lowest BCUT2D eigenvalue weighted by atomic mass is 10.3. The van der Waals surface area contributed by atoms with Gasteiger partial charge in [0, 0.05) is 0 Å². The van der Waals surface area contributed by atoms with Crippen LogP contribution in [0.2, 0.25) is 0 Å². The Morgan fingerprint density at radius 2 is 2.71 bits per heavy atom. The normalized spacial score (nSPS) is 31.6. The summed E-state index contributed by atoms with van der Waals surface area (Å²) in [5, 5.41) is 2.69. The SMILES string of the molecule is N[C@@H]1[C]C(=O)CN1. The van der Waals surface area contributed by atoms with Crippen molar-refractivity contribution >= 4 is 5.78 Å². The monoisotopic (exact) mass is 98.0 g/mol. The molecule has 0 aromatic heterocycles. The summed E-state index contributed by atoms with van der Waals surface area (Å²) in [5.41, 5.74) is 5.18. The Morgan fingerprint density at radius 1 is 2.00 bits per heavy atom. The number of nitrogens with one attached hydrogen (secondary N) is 1. The van der Waals surface area contributed by atoms with Gasteiger partial charge in [-0.05, 0) is 0 Å². The summed E-state index contributed by atoms with van der Waals surface area (Å²) in [6.07, 6.45) is 2.12. The lowest BCUT2D eigenvalue weighted by Crippen LogP contribution is -2.30. The summed E-state index contributed by atoms with van der Waals surface area (Å²) in [6, 6.07) is 0. The van der Waals surface area contributed by atoms with Gasteiger partial charge in [0.2, 0.25) is 0 Å². The summed E-state index contributed by atoms with van der Waals surface area (Å²) in [6.45, 7) is 0.348. The number of carbonyl (C=O) groups excluding carboxylic acids is 1. The maximum absolute atomic E-state index is 10.2. The predicted molar refractivity (Wildman–Crippen MR) is 24.2 cm³/mol. The van der Waals surface area contributed by atoms with Gasteiger partial charge < -0.3 is 5.73 Å². The van der Waals surface area contributed by atoms with E-state index in [1.807, 2.05) is 0 Å². The maximum atomic E-state index is 10.2. The standard InChI is InChI=1S/C4H6N2O/c5-4-1-3(7)2-6-4/h4,6H,2,5H2/t4-/m0/s1. The van der Waals surface area contributed by atoms with Crippen LogP contribution in [-0.4, -0.2) is 18.5 Å². The molecule has 0 unspecified atom stereocenters. The van der Waals surface area contributed by atoms with Gasteiger partial charge in [-0.3, -0.25) is 10.1 Å². The molecule has 7 heavy (non-hydrogen) atoms. The molecule has 1 aliphatic rings. The molecule has 0 aromatic rings. The van der Waals surface area contributed by atoms with Crippen molar-refractivity contribution in [2.45, 2.75) is 6.17 Å². The first-order valence-corrected chi connectivity index (χ1v) is 2.07. The Bertz CT molecular complexity index is 91.7. The first kappa shape index (κ1) is 4.74. The largest absolute Gasteiger partial charge is 0.315 e. The molecule has 3 N–H and O–H groups in total. The van der Waals surface area contributed by atoms with E-state index in [0.29, 0.717) is 6.54 Å². The van der Waals surface area contributed by atoms with Crippen molar-refractivity contribution in [2.24, 2.45) is 5.73 Å². The van der Waals surface area contributed by atoms with Crippen LogP contribution < -0.4 is 11.1 Å². The maximum Gasteiger partial charge on any atom is 0.158 e. The smallest absolute Gasteiger partial charge is 0.158 e. The molecule has 1 heterocycles. The van der Waals surface area contributed by atoms with Crippen LogP contribution in [-0.2, 0) is 4.79 Å². The molecule has 0 amide bonds. The third-order valence-corrected chi connectivity index (χ3v) is 0.799. The van der Waals surface area contributed by atoms with Crippen LogP contribution in [0.5, 0.6) is 0 Å². The summed E-state index contributed by atoms with van der Waals surface area (Å²) in [4.78, 5) is 10.2. The van der Waals surface area contributed by atoms with Gasteiger partial charge in [-0.1, -0.05) is 0 Å². The predicted octanol–water partition coefficient (Wildman–Crippen LogP) is -1.48. The average molecular weight is 98.1 g/mol. The van der Waals surface area contributed by atoms with Crippen molar-refractivity contribution in [3.05, 3.63) is 6.42 Å². The molecular formula is C4H6N2O. The van der Waals surface area contributed by atoms with Crippen molar-refractivity contribution in [2.75, 3.05) is 6.54 Å². The highest BCUT2D eigenvalue weighted by Crippen LogP contribution is 1.90. The highest BCUT2D eigenvalue weighted by atomic mass is 16.1. The summed E-state index contributed by atoms with van der Waals surface area (Å²) in [5.74, 6) is -0.0347. The van der Waals surface area contributed by atoms with E-state index in [1.54, 1.807) is 0 Å². The minimum absolute atomic E-state index is 0.0347. The van der Waals surface area contributed by atoms with E-state index in [0.717, 1.165) is 0 Å². The Morgan fingerprint density at radius 3 is 2.86 bits per heavy atom. The quantitative estimate of drug-likeness (QED) is 0.388. The Hall–Kier alpha value is -0.410. The number of nitrogens with two attached hydrogens (primary N) is 1. The van der Waals surface area contributed by atoms with E-state index >= 15 is 0 Å². The molecule has 1 saturated heterocycles. The van der Waals surface area contributed by atoms with Gasteiger partial charge in [-0.25, -0.2) is 0 Å². The van der Waals surface area contributed by atoms with E-state index in [1.165, 1.54) is 0 Å². The second-order valence-electron chi connectivity index (χ2n) is 1.43. The van der Waals surface area contributed by atoms with Gasteiger partial charge in [-0.2, -0.15) is 0 Å². The number of hydrogen-bond acceptors (Lipinski definition) is 3. The van der Waals surface area contributed by atoms with Crippen molar-refractivity contribution in [3.8, 4) is 0 Å². The van der Waals surface area contributed by atoms with Gasteiger partial charge in [-0.15, -0.1) is 0 Å². The van der Waals surface area contributed by atoms with Gasteiger partial charge >= 0.3 is 0 Å². The van der Waals surface area contributed by atoms with Crippen molar-refractivity contribution in [1.82, 2.24) is 5.32 Å². The van der Waals surface area contributed by atoms with Gasteiger partial charge in [0.15, 0.2) is 5.78 Å².